The van der Waals surface area contributed by atoms with Crippen molar-refractivity contribution in [2.24, 2.45) is 0 Å². The van der Waals surface area contributed by atoms with Gasteiger partial charge in [0.1, 0.15) is 0 Å². The second-order valence-corrected chi connectivity index (χ2v) is 6.06. The van der Waals surface area contributed by atoms with Gasteiger partial charge >= 0.3 is 0 Å². The molecule has 0 N–H and O–H groups in total. The Labute approximate surface area is 134 Å². The minimum absolute atomic E-state index is 0.850. The molecule has 4 nitrogen and oxygen atoms in total. The van der Waals surface area contributed by atoms with Gasteiger partial charge in [0.05, 0.1) is 0 Å². The van der Waals surface area contributed by atoms with Gasteiger partial charge in [-0.2, -0.15) is 0 Å². The topological polar surface area (TPSA) is 43.6 Å². The second kappa shape index (κ2) is 6.75. The first-order valence-corrected chi connectivity index (χ1v) is 8.40. The van der Waals surface area contributed by atoms with Crippen molar-refractivity contribution in [1.29, 1.82) is 0 Å². The molecule has 0 aliphatic carbocycles. The van der Waals surface area contributed by atoms with Crippen LogP contribution >= 0.6 is 11.8 Å². The van der Waals surface area contributed by atoms with E-state index in [4.69, 9.17) is 0 Å². The lowest BCUT2D eigenvalue weighted by atomic mass is 10.1. The number of benzene rings is 1. The Hall–Kier alpha value is -2.14. The zero-order valence-electron chi connectivity index (χ0n) is 12.7. The van der Waals surface area contributed by atoms with Crippen molar-refractivity contribution in [3.05, 3.63) is 54.4 Å². The van der Waals surface area contributed by atoms with Gasteiger partial charge in [-0.3, -0.25) is 9.55 Å². The highest BCUT2D eigenvalue weighted by Crippen LogP contribution is 2.27. The molecule has 0 radical (unpaired) electrons. The summed E-state index contributed by atoms with van der Waals surface area (Å²) in [5, 5.41) is 9.66. The van der Waals surface area contributed by atoms with Crippen molar-refractivity contribution in [3.63, 3.8) is 0 Å². The Bertz CT molecular complexity index is 735. The molecule has 0 unspecified atom stereocenters. The summed E-state index contributed by atoms with van der Waals surface area (Å²) in [7, 11) is 0. The molecule has 0 spiro atoms. The van der Waals surface area contributed by atoms with Crippen molar-refractivity contribution in [3.8, 4) is 17.1 Å². The highest BCUT2D eigenvalue weighted by atomic mass is 32.2. The lowest BCUT2D eigenvalue weighted by molar-refractivity contribution is 0.885. The Morgan fingerprint density at radius 3 is 2.32 bits per heavy atom. The van der Waals surface area contributed by atoms with Gasteiger partial charge in [0.25, 0.3) is 0 Å². The van der Waals surface area contributed by atoms with Crippen molar-refractivity contribution < 1.29 is 0 Å². The molecular weight excluding hydrogens is 292 g/mol. The van der Waals surface area contributed by atoms with Crippen LogP contribution in [0.5, 0.6) is 0 Å². The van der Waals surface area contributed by atoms with Crippen LogP contribution in [0.4, 0.5) is 0 Å². The molecule has 0 bridgehead atoms. The van der Waals surface area contributed by atoms with E-state index in [1.165, 1.54) is 5.56 Å². The average molecular weight is 310 g/mol. The molecule has 112 valence electrons. The zero-order valence-corrected chi connectivity index (χ0v) is 13.5. The summed E-state index contributed by atoms with van der Waals surface area (Å²) in [6, 6.07) is 12.5. The van der Waals surface area contributed by atoms with Gasteiger partial charge < -0.3 is 0 Å². The van der Waals surface area contributed by atoms with Crippen LogP contribution < -0.4 is 0 Å². The van der Waals surface area contributed by atoms with Crippen LogP contribution in [0.3, 0.4) is 0 Å². The molecule has 0 aliphatic rings. The highest BCUT2D eigenvalue weighted by molar-refractivity contribution is 7.99. The third-order valence-corrected chi connectivity index (χ3v) is 4.26. The standard InChI is InChI=1S/C17H18N4S/c1-3-13-5-7-15(8-6-13)21-16(14-9-11-18-12-10-14)19-20-17(21)22-4-2/h5-12H,3-4H2,1-2H3. The van der Waals surface area contributed by atoms with Crippen LogP contribution in [-0.4, -0.2) is 25.5 Å². The van der Waals surface area contributed by atoms with Crippen LogP contribution in [0, 0.1) is 0 Å². The Morgan fingerprint density at radius 2 is 1.68 bits per heavy atom. The molecule has 0 fully saturated rings. The Kier molecular flexibility index (Phi) is 4.53. The van der Waals surface area contributed by atoms with Crippen LogP contribution in [0.15, 0.2) is 53.9 Å². The second-order valence-electron chi connectivity index (χ2n) is 4.83. The first-order valence-electron chi connectivity index (χ1n) is 7.41. The number of hydrogen-bond donors (Lipinski definition) is 0. The Morgan fingerprint density at radius 1 is 0.955 bits per heavy atom. The molecule has 2 heterocycles. The maximum Gasteiger partial charge on any atom is 0.196 e. The lowest BCUT2D eigenvalue weighted by Crippen LogP contribution is -2.00. The minimum Gasteiger partial charge on any atom is -0.270 e. The molecule has 1 aromatic carbocycles. The summed E-state index contributed by atoms with van der Waals surface area (Å²) in [6.45, 7) is 4.28. The van der Waals surface area contributed by atoms with E-state index in [9.17, 15) is 0 Å². The third kappa shape index (κ3) is 2.90. The van der Waals surface area contributed by atoms with E-state index < -0.39 is 0 Å². The SMILES string of the molecule is CCSc1nnc(-c2ccncc2)n1-c1ccc(CC)cc1. The van der Waals surface area contributed by atoms with Crippen LogP contribution in [0.2, 0.25) is 0 Å². The summed E-state index contributed by atoms with van der Waals surface area (Å²) >= 11 is 1.70. The first kappa shape index (κ1) is 14.8. The first-order chi connectivity index (χ1) is 10.8. The number of thioether (sulfide) groups is 1. The predicted molar refractivity (Wildman–Crippen MR) is 90.4 cm³/mol. The van der Waals surface area contributed by atoms with E-state index >= 15 is 0 Å². The zero-order chi connectivity index (χ0) is 15.4. The summed E-state index contributed by atoms with van der Waals surface area (Å²) in [5.41, 5.74) is 3.43. The van der Waals surface area contributed by atoms with Crippen molar-refractivity contribution >= 4 is 11.8 Å². The summed E-state index contributed by atoms with van der Waals surface area (Å²) in [4.78, 5) is 4.08. The maximum atomic E-state index is 4.39. The summed E-state index contributed by atoms with van der Waals surface area (Å²) in [6.07, 6.45) is 4.60. The number of aryl methyl sites for hydroxylation is 1. The molecule has 0 saturated heterocycles. The molecular formula is C17H18N4S. The number of nitrogens with zero attached hydrogens (tertiary/aromatic N) is 4. The number of aromatic nitrogens is 4. The molecule has 0 aliphatic heterocycles. The van der Waals surface area contributed by atoms with Crippen molar-refractivity contribution in [2.75, 3.05) is 5.75 Å². The quantitative estimate of drug-likeness (QED) is 0.668. The highest BCUT2D eigenvalue weighted by Gasteiger charge is 2.15. The number of hydrogen-bond acceptors (Lipinski definition) is 4. The molecule has 5 heteroatoms. The number of rotatable bonds is 5. The fraction of sp³-hybridized carbons (Fsp3) is 0.235. The van der Waals surface area contributed by atoms with Crippen LogP contribution in [0.25, 0.3) is 17.1 Å². The van der Waals surface area contributed by atoms with Gasteiger partial charge in [-0.1, -0.05) is 37.7 Å². The van der Waals surface area contributed by atoms with Gasteiger partial charge in [-0.25, -0.2) is 0 Å². The van der Waals surface area contributed by atoms with E-state index in [1.54, 1.807) is 24.2 Å². The van der Waals surface area contributed by atoms with Gasteiger partial charge in [-0.15, -0.1) is 10.2 Å². The van der Waals surface area contributed by atoms with E-state index in [2.05, 4.69) is 57.9 Å². The van der Waals surface area contributed by atoms with Gasteiger partial charge in [0.2, 0.25) is 0 Å². The lowest BCUT2D eigenvalue weighted by Gasteiger charge is -2.10. The minimum atomic E-state index is 0.850. The van der Waals surface area contributed by atoms with Gasteiger partial charge in [0, 0.05) is 23.6 Å². The van der Waals surface area contributed by atoms with Gasteiger partial charge in [-0.05, 0) is 42.0 Å². The van der Waals surface area contributed by atoms with Crippen molar-refractivity contribution in [1.82, 2.24) is 19.7 Å². The molecule has 2 aromatic heterocycles. The molecule has 0 atom stereocenters. The fourth-order valence-corrected chi connectivity index (χ4v) is 2.97. The molecule has 3 rings (SSSR count). The van der Waals surface area contributed by atoms with E-state index in [0.717, 1.165) is 34.4 Å². The number of pyridine rings is 1. The maximum absolute atomic E-state index is 4.39. The normalized spacial score (nSPS) is 10.8. The predicted octanol–water partition coefficient (Wildman–Crippen LogP) is 4.00. The van der Waals surface area contributed by atoms with E-state index in [1.807, 2.05) is 12.1 Å². The van der Waals surface area contributed by atoms with E-state index in [0.29, 0.717) is 0 Å². The molecule has 3 aromatic rings. The molecule has 0 saturated carbocycles. The fourth-order valence-electron chi connectivity index (χ4n) is 2.29. The third-order valence-electron chi connectivity index (χ3n) is 3.45. The average Bonchev–Trinajstić information content (AvgIpc) is 3.00. The monoisotopic (exact) mass is 310 g/mol. The van der Waals surface area contributed by atoms with Crippen molar-refractivity contribution in [2.45, 2.75) is 25.4 Å². The molecule has 22 heavy (non-hydrogen) atoms. The van der Waals surface area contributed by atoms with Gasteiger partial charge in [0.15, 0.2) is 11.0 Å². The molecule has 0 amide bonds. The summed E-state index contributed by atoms with van der Waals surface area (Å²) in [5.74, 6) is 1.81. The smallest absolute Gasteiger partial charge is 0.196 e. The van der Waals surface area contributed by atoms with Crippen LogP contribution in [-0.2, 0) is 6.42 Å². The van der Waals surface area contributed by atoms with E-state index in [-0.39, 0.29) is 0 Å². The summed E-state index contributed by atoms with van der Waals surface area (Å²) < 4.78 is 2.11. The largest absolute Gasteiger partial charge is 0.270 e. The Balaban J connectivity index is 2.12. The van der Waals surface area contributed by atoms with Crippen LogP contribution in [0.1, 0.15) is 19.4 Å².